The number of ether oxygens (including phenoxy) is 2. The molecule has 0 atom stereocenters. The number of nitrogens with zero attached hydrogens (tertiary/aromatic N) is 4. The van der Waals surface area contributed by atoms with E-state index in [1.165, 1.54) is 0 Å². The van der Waals surface area contributed by atoms with Crippen LogP contribution in [-0.2, 0) is 9.47 Å². The summed E-state index contributed by atoms with van der Waals surface area (Å²) in [6.07, 6.45) is 3.52. The van der Waals surface area contributed by atoms with Crippen molar-refractivity contribution in [2.75, 3.05) is 31.2 Å². The molecular formula is C17H20N4O2. The molecule has 0 radical (unpaired) electrons. The maximum atomic E-state index is 5.79. The molecule has 6 nitrogen and oxygen atoms in total. The van der Waals surface area contributed by atoms with Gasteiger partial charge in [-0.3, -0.25) is 4.98 Å². The maximum absolute atomic E-state index is 5.79. The molecule has 0 saturated carbocycles. The van der Waals surface area contributed by atoms with Crippen LogP contribution < -0.4 is 4.90 Å². The van der Waals surface area contributed by atoms with E-state index in [2.05, 4.69) is 19.9 Å². The van der Waals surface area contributed by atoms with Crippen LogP contribution in [-0.4, -0.2) is 47.0 Å². The monoisotopic (exact) mass is 312 g/mol. The quantitative estimate of drug-likeness (QED) is 0.847. The van der Waals surface area contributed by atoms with Crippen molar-refractivity contribution in [2.45, 2.75) is 25.6 Å². The Morgan fingerprint density at radius 2 is 1.83 bits per heavy atom. The van der Waals surface area contributed by atoms with Gasteiger partial charge in [-0.25, -0.2) is 9.97 Å². The Morgan fingerprint density at radius 3 is 2.52 bits per heavy atom. The van der Waals surface area contributed by atoms with Crippen molar-refractivity contribution in [1.29, 1.82) is 0 Å². The van der Waals surface area contributed by atoms with Crippen molar-refractivity contribution in [2.24, 2.45) is 0 Å². The van der Waals surface area contributed by atoms with Crippen LogP contribution in [0.5, 0.6) is 0 Å². The van der Waals surface area contributed by atoms with Gasteiger partial charge in [-0.05, 0) is 19.1 Å². The lowest BCUT2D eigenvalue weighted by Gasteiger charge is -2.38. The fourth-order valence-electron chi connectivity index (χ4n) is 3.22. The average molecular weight is 312 g/mol. The van der Waals surface area contributed by atoms with Crippen LogP contribution in [0.1, 0.15) is 18.7 Å². The van der Waals surface area contributed by atoms with Gasteiger partial charge >= 0.3 is 0 Å². The van der Waals surface area contributed by atoms with Crippen LogP contribution in [0.15, 0.2) is 30.5 Å². The molecule has 2 fully saturated rings. The number of aryl methyl sites for hydroxylation is 1. The molecule has 2 aromatic rings. The normalized spacial score (nSPS) is 20.1. The van der Waals surface area contributed by atoms with Crippen molar-refractivity contribution in [1.82, 2.24) is 15.0 Å². The number of hydrogen-bond donors (Lipinski definition) is 0. The third kappa shape index (κ3) is 2.92. The Labute approximate surface area is 135 Å². The van der Waals surface area contributed by atoms with Crippen molar-refractivity contribution < 1.29 is 9.47 Å². The van der Waals surface area contributed by atoms with E-state index in [0.29, 0.717) is 13.2 Å². The smallest absolute Gasteiger partial charge is 0.171 e. The molecular weight excluding hydrogens is 292 g/mol. The number of anilines is 1. The number of piperidine rings is 1. The van der Waals surface area contributed by atoms with Gasteiger partial charge in [-0.2, -0.15) is 0 Å². The minimum Gasteiger partial charge on any atom is -0.356 e. The molecule has 2 aromatic heterocycles. The summed E-state index contributed by atoms with van der Waals surface area (Å²) >= 11 is 0. The number of hydrogen-bond acceptors (Lipinski definition) is 6. The molecule has 2 saturated heterocycles. The molecule has 4 heterocycles. The predicted octanol–water partition coefficient (Wildman–Crippen LogP) is 2.19. The van der Waals surface area contributed by atoms with E-state index in [1.54, 1.807) is 6.20 Å². The Morgan fingerprint density at radius 1 is 1.04 bits per heavy atom. The summed E-state index contributed by atoms with van der Waals surface area (Å²) in [5.74, 6) is 1.35. The summed E-state index contributed by atoms with van der Waals surface area (Å²) < 4.78 is 11.6. The van der Waals surface area contributed by atoms with Gasteiger partial charge in [0.25, 0.3) is 0 Å². The van der Waals surface area contributed by atoms with Gasteiger partial charge in [0.1, 0.15) is 11.6 Å². The van der Waals surface area contributed by atoms with E-state index in [4.69, 9.17) is 9.47 Å². The molecule has 0 bridgehead atoms. The highest BCUT2D eigenvalue weighted by molar-refractivity contribution is 5.59. The molecule has 0 unspecified atom stereocenters. The van der Waals surface area contributed by atoms with Gasteiger partial charge in [0, 0.05) is 38.2 Å². The lowest BCUT2D eigenvalue weighted by molar-refractivity contribution is -0.169. The first-order valence-electron chi connectivity index (χ1n) is 8.04. The highest BCUT2D eigenvalue weighted by Gasteiger charge is 2.40. The Hall–Kier alpha value is -2.05. The summed E-state index contributed by atoms with van der Waals surface area (Å²) in [4.78, 5) is 15.8. The minimum absolute atomic E-state index is 0.359. The SMILES string of the molecule is Cc1nc(-c2ccccn2)cc(N2CCC3(CC2)OCCO3)n1. The highest BCUT2D eigenvalue weighted by atomic mass is 16.7. The second-order valence-electron chi connectivity index (χ2n) is 5.97. The standard InChI is InChI=1S/C17H20N4O2/c1-13-19-15(14-4-2-3-7-18-14)12-16(20-13)21-8-5-17(6-9-21)22-10-11-23-17/h2-4,7,12H,5-6,8-11H2,1H3. The third-order valence-electron chi connectivity index (χ3n) is 4.41. The number of aromatic nitrogens is 3. The van der Waals surface area contributed by atoms with Gasteiger partial charge in [0.2, 0.25) is 0 Å². The fourth-order valence-corrected chi connectivity index (χ4v) is 3.22. The average Bonchev–Trinajstić information content (AvgIpc) is 3.04. The lowest BCUT2D eigenvalue weighted by atomic mass is 10.0. The van der Waals surface area contributed by atoms with Gasteiger partial charge in [-0.15, -0.1) is 0 Å². The molecule has 0 amide bonds. The molecule has 2 aliphatic rings. The minimum atomic E-state index is -0.359. The highest BCUT2D eigenvalue weighted by Crippen LogP contribution is 2.33. The summed E-state index contributed by atoms with van der Waals surface area (Å²) in [6, 6.07) is 7.86. The van der Waals surface area contributed by atoms with E-state index < -0.39 is 0 Å². The second kappa shape index (κ2) is 5.86. The van der Waals surface area contributed by atoms with Crippen LogP contribution in [0, 0.1) is 6.92 Å². The van der Waals surface area contributed by atoms with Crippen molar-refractivity contribution in [3.63, 3.8) is 0 Å². The molecule has 0 aliphatic carbocycles. The largest absolute Gasteiger partial charge is 0.356 e. The molecule has 23 heavy (non-hydrogen) atoms. The molecule has 6 heteroatoms. The molecule has 1 spiro atoms. The summed E-state index contributed by atoms with van der Waals surface area (Å²) in [5.41, 5.74) is 1.73. The molecule has 120 valence electrons. The third-order valence-corrected chi connectivity index (χ3v) is 4.41. The topological polar surface area (TPSA) is 60.4 Å². The van der Waals surface area contributed by atoms with Gasteiger partial charge in [-0.1, -0.05) is 6.07 Å². The molecule has 2 aliphatic heterocycles. The zero-order valence-corrected chi connectivity index (χ0v) is 13.2. The van der Waals surface area contributed by atoms with Crippen LogP contribution in [0.25, 0.3) is 11.4 Å². The van der Waals surface area contributed by atoms with Crippen molar-refractivity contribution in [3.05, 3.63) is 36.3 Å². The summed E-state index contributed by atoms with van der Waals surface area (Å²) in [5, 5.41) is 0. The van der Waals surface area contributed by atoms with E-state index in [0.717, 1.165) is 49.0 Å². The van der Waals surface area contributed by atoms with Crippen LogP contribution in [0.3, 0.4) is 0 Å². The Balaban J connectivity index is 1.56. The Kier molecular flexibility index (Phi) is 3.71. The Bertz CT molecular complexity index is 676. The zero-order chi connectivity index (χ0) is 15.7. The van der Waals surface area contributed by atoms with E-state index in [9.17, 15) is 0 Å². The van der Waals surface area contributed by atoms with E-state index in [-0.39, 0.29) is 5.79 Å². The zero-order valence-electron chi connectivity index (χ0n) is 13.2. The predicted molar refractivity (Wildman–Crippen MR) is 86.1 cm³/mol. The fraction of sp³-hybridized carbons (Fsp3) is 0.471. The second-order valence-corrected chi connectivity index (χ2v) is 5.97. The summed E-state index contributed by atoms with van der Waals surface area (Å²) in [6.45, 7) is 5.08. The van der Waals surface area contributed by atoms with Gasteiger partial charge in [0.05, 0.1) is 24.6 Å². The molecule has 4 rings (SSSR count). The van der Waals surface area contributed by atoms with Gasteiger partial charge in [0.15, 0.2) is 5.79 Å². The van der Waals surface area contributed by atoms with Gasteiger partial charge < -0.3 is 14.4 Å². The molecule has 0 aromatic carbocycles. The van der Waals surface area contributed by atoms with E-state index >= 15 is 0 Å². The number of rotatable bonds is 2. The van der Waals surface area contributed by atoms with Crippen LogP contribution >= 0.6 is 0 Å². The first-order chi connectivity index (χ1) is 11.2. The summed E-state index contributed by atoms with van der Waals surface area (Å²) in [7, 11) is 0. The van der Waals surface area contributed by atoms with Crippen molar-refractivity contribution >= 4 is 5.82 Å². The first kappa shape index (κ1) is 14.5. The van der Waals surface area contributed by atoms with Crippen LogP contribution in [0.4, 0.5) is 5.82 Å². The first-order valence-corrected chi connectivity index (χ1v) is 8.04. The van der Waals surface area contributed by atoms with Crippen LogP contribution in [0.2, 0.25) is 0 Å². The van der Waals surface area contributed by atoms with Crippen molar-refractivity contribution in [3.8, 4) is 11.4 Å². The molecule has 0 N–H and O–H groups in total. The number of pyridine rings is 1. The lowest BCUT2D eigenvalue weighted by Crippen LogP contribution is -2.45. The van der Waals surface area contributed by atoms with E-state index in [1.807, 2.05) is 31.2 Å². The maximum Gasteiger partial charge on any atom is 0.171 e.